The van der Waals surface area contributed by atoms with Gasteiger partial charge in [-0.2, -0.15) is 0 Å². The second kappa shape index (κ2) is 8.73. The first kappa shape index (κ1) is 17.6. The average molecular weight is 327 g/mol. The largest absolute Gasteiger partial charge is 0.462 e. The quantitative estimate of drug-likeness (QED) is 0.450. The molecule has 0 bridgehead atoms. The molecule has 0 aromatic carbocycles. The number of rotatable bonds is 1. The number of allylic oxidation sites excluding steroid dienone is 3. The van der Waals surface area contributed by atoms with E-state index in [1.165, 1.54) is 0 Å². The molecular weight excluding hydrogens is 300 g/mol. The summed E-state index contributed by atoms with van der Waals surface area (Å²) in [7, 11) is 0. The van der Waals surface area contributed by atoms with E-state index < -0.39 is 6.10 Å². The zero-order chi connectivity index (χ0) is 15.9. The van der Waals surface area contributed by atoms with Crippen molar-refractivity contribution >= 4 is 17.6 Å². The molecule has 1 heterocycles. The SMILES string of the molecule is CC[C@@H]1OC(=O)CCCCC=CCC=C[C@@H]2[C@@H](O)[C@H](Cl)C[C@H]21. The first-order valence-corrected chi connectivity index (χ1v) is 8.90. The van der Waals surface area contributed by atoms with Gasteiger partial charge >= 0.3 is 5.97 Å². The van der Waals surface area contributed by atoms with Crippen molar-refractivity contribution in [3.05, 3.63) is 24.3 Å². The molecule has 22 heavy (non-hydrogen) atoms. The van der Waals surface area contributed by atoms with Crippen LogP contribution in [0.5, 0.6) is 0 Å². The molecule has 0 aromatic rings. The molecule has 4 heteroatoms. The number of fused-ring (bicyclic) bond motifs is 1. The number of aliphatic hydroxyl groups excluding tert-OH is 1. The summed E-state index contributed by atoms with van der Waals surface area (Å²) in [5.74, 6) is -0.0469. The van der Waals surface area contributed by atoms with Gasteiger partial charge in [-0.15, -0.1) is 11.6 Å². The molecule has 1 aliphatic carbocycles. The number of cyclic esters (lactones) is 1. The third-order valence-electron chi connectivity index (χ3n) is 4.72. The van der Waals surface area contributed by atoms with Gasteiger partial charge < -0.3 is 9.84 Å². The summed E-state index contributed by atoms with van der Waals surface area (Å²) in [6.45, 7) is 2.03. The fraction of sp³-hybridized carbons (Fsp3) is 0.722. The van der Waals surface area contributed by atoms with E-state index in [0.29, 0.717) is 12.8 Å². The Morgan fingerprint density at radius 2 is 2.14 bits per heavy atom. The van der Waals surface area contributed by atoms with E-state index in [-0.39, 0.29) is 29.3 Å². The summed E-state index contributed by atoms with van der Waals surface area (Å²) < 4.78 is 5.69. The predicted molar refractivity (Wildman–Crippen MR) is 88.8 cm³/mol. The Balaban J connectivity index is 2.16. The molecule has 0 unspecified atom stereocenters. The van der Waals surface area contributed by atoms with Crippen LogP contribution < -0.4 is 0 Å². The lowest BCUT2D eigenvalue weighted by Crippen LogP contribution is -2.31. The standard InChI is InChI=1S/C18H27ClO3/c1-2-16-14-12-15(19)18(21)13(14)10-8-6-4-3-5-7-9-11-17(20)22-16/h3-4,8,10,13-16,18,21H,2,5-7,9,11-12H2,1H3/t13-,14+,15+,16-,18+/m0/s1. The fourth-order valence-electron chi connectivity index (χ4n) is 3.47. The minimum atomic E-state index is -0.562. The maximum absolute atomic E-state index is 12.0. The molecule has 1 saturated carbocycles. The van der Waals surface area contributed by atoms with Gasteiger partial charge in [-0.25, -0.2) is 0 Å². The Kier molecular flexibility index (Phi) is 6.97. The van der Waals surface area contributed by atoms with Gasteiger partial charge in [-0.3, -0.25) is 4.79 Å². The van der Waals surface area contributed by atoms with Crippen molar-refractivity contribution in [2.24, 2.45) is 11.8 Å². The van der Waals surface area contributed by atoms with Gasteiger partial charge in [0.1, 0.15) is 6.10 Å². The van der Waals surface area contributed by atoms with Crippen molar-refractivity contribution in [1.82, 2.24) is 0 Å². The first-order valence-electron chi connectivity index (χ1n) is 8.46. The number of hydrogen-bond donors (Lipinski definition) is 1. The summed E-state index contributed by atoms with van der Waals surface area (Å²) in [6, 6.07) is 0. The van der Waals surface area contributed by atoms with Crippen LogP contribution in [0.15, 0.2) is 24.3 Å². The van der Waals surface area contributed by atoms with Crippen LogP contribution in [0.1, 0.15) is 51.9 Å². The third-order valence-corrected chi connectivity index (χ3v) is 5.15. The van der Waals surface area contributed by atoms with Gasteiger partial charge in [-0.05, 0) is 38.5 Å². The van der Waals surface area contributed by atoms with Crippen molar-refractivity contribution in [1.29, 1.82) is 0 Å². The molecule has 3 nitrogen and oxygen atoms in total. The second-order valence-corrected chi connectivity index (χ2v) is 6.86. The molecule has 0 amide bonds. The molecule has 0 aromatic heterocycles. The summed E-state index contributed by atoms with van der Waals surface area (Å²) >= 11 is 6.26. The van der Waals surface area contributed by atoms with E-state index in [9.17, 15) is 9.90 Å². The lowest BCUT2D eigenvalue weighted by Gasteiger charge is -2.27. The van der Waals surface area contributed by atoms with Crippen LogP contribution in [0.25, 0.3) is 0 Å². The normalized spacial score (nSPS) is 37.4. The molecular formula is C18H27ClO3. The Bertz CT molecular complexity index is 419. The Labute approximate surface area is 138 Å². The van der Waals surface area contributed by atoms with Crippen LogP contribution in [0.4, 0.5) is 0 Å². The molecule has 5 atom stereocenters. The molecule has 2 aliphatic rings. The Morgan fingerprint density at radius 3 is 2.91 bits per heavy atom. The predicted octanol–water partition coefficient (Wildman–Crippen LogP) is 3.99. The minimum Gasteiger partial charge on any atom is -0.462 e. The van der Waals surface area contributed by atoms with Crippen molar-refractivity contribution < 1.29 is 14.6 Å². The average Bonchev–Trinajstić information content (AvgIpc) is 2.78. The number of aliphatic hydroxyl groups is 1. The van der Waals surface area contributed by atoms with Crippen molar-refractivity contribution in [2.75, 3.05) is 0 Å². The molecule has 0 spiro atoms. The maximum atomic E-state index is 12.0. The van der Waals surface area contributed by atoms with E-state index in [2.05, 4.69) is 24.3 Å². The number of carbonyl (C=O) groups is 1. The van der Waals surface area contributed by atoms with Crippen LogP contribution in [-0.2, 0) is 9.53 Å². The van der Waals surface area contributed by atoms with Crippen LogP contribution in [0.3, 0.4) is 0 Å². The van der Waals surface area contributed by atoms with Gasteiger partial charge in [0.2, 0.25) is 0 Å². The van der Waals surface area contributed by atoms with Gasteiger partial charge in [0.05, 0.1) is 11.5 Å². The van der Waals surface area contributed by atoms with Crippen molar-refractivity contribution in [3.63, 3.8) is 0 Å². The maximum Gasteiger partial charge on any atom is 0.306 e. The van der Waals surface area contributed by atoms with Gasteiger partial charge in [-0.1, -0.05) is 31.2 Å². The van der Waals surface area contributed by atoms with E-state index in [4.69, 9.17) is 16.3 Å². The van der Waals surface area contributed by atoms with Gasteiger partial charge in [0.15, 0.2) is 0 Å². The number of halogens is 1. The van der Waals surface area contributed by atoms with Crippen LogP contribution in [0, 0.1) is 11.8 Å². The van der Waals surface area contributed by atoms with E-state index in [0.717, 1.165) is 32.1 Å². The molecule has 0 radical (unpaired) electrons. The highest BCUT2D eigenvalue weighted by atomic mass is 35.5. The fourth-order valence-corrected chi connectivity index (χ4v) is 3.84. The van der Waals surface area contributed by atoms with E-state index in [1.54, 1.807) is 0 Å². The van der Waals surface area contributed by atoms with E-state index in [1.807, 2.05) is 6.92 Å². The zero-order valence-corrected chi connectivity index (χ0v) is 14.0. The monoisotopic (exact) mass is 326 g/mol. The number of ether oxygens (including phenoxy) is 1. The molecule has 2 rings (SSSR count). The minimum absolute atomic E-state index is 0.0309. The number of hydrogen-bond acceptors (Lipinski definition) is 3. The summed E-state index contributed by atoms with van der Waals surface area (Å²) in [6.07, 6.45) is 13.4. The molecule has 1 aliphatic heterocycles. The highest BCUT2D eigenvalue weighted by Gasteiger charge is 2.44. The van der Waals surface area contributed by atoms with Gasteiger partial charge in [0, 0.05) is 18.3 Å². The van der Waals surface area contributed by atoms with Crippen molar-refractivity contribution in [2.45, 2.75) is 69.5 Å². The molecule has 124 valence electrons. The van der Waals surface area contributed by atoms with Gasteiger partial charge in [0.25, 0.3) is 0 Å². The lowest BCUT2D eigenvalue weighted by molar-refractivity contribution is -0.153. The van der Waals surface area contributed by atoms with Crippen LogP contribution in [-0.4, -0.2) is 28.7 Å². The molecule has 1 fully saturated rings. The highest BCUT2D eigenvalue weighted by Crippen LogP contribution is 2.40. The first-order chi connectivity index (χ1) is 10.6. The van der Waals surface area contributed by atoms with E-state index >= 15 is 0 Å². The van der Waals surface area contributed by atoms with Crippen LogP contribution in [0.2, 0.25) is 0 Å². The molecule has 1 N–H and O–H groups in total. The lowest BCUT2D eigenvalue weighted by atomic mass is 9.88. The number of esters is 1. The summed E-state index contributed by atoms with van der Waals surface area (Å²) in [5, 5.41) is 10.1. The third kappa shape index (κ3) is 4.60. The smallest absolute Gasteiger partial charge is 0.306 e. The summed E-state index contributed by atoms with van der Waals surface area (Å²) in [4.78, 5) is 12.0. The number of carbonyl (C=O) groups excluding carboxylic acids is 1. The number of alkyl halides is 1. The second-order valence-electron chi connectivity index (χ2n) is 6.30. The highest BCUT2D eigenvalue weighted by molar-refractivity contribution is 6.21. The van der Waals surface area contributed by atoms with Crippen molar-refractivity contribution in [3.8, 4) is 0 Å². The topological polar surface area (TPSA) is 46.5 Å². The molecule has 0 saturated heterocycles. The summed E-state index contributed by atoms with van der Waals surface area (Å²) in [5.41, 5.74) is 0. The Hall–Kier alpha value is -0.800. The van der Waals surface area contributed by atoms with Crippen LogP contribution >= 0.6 is 11.6 Å². The zero-order valence-electron chi connectivity index (χ0n) is 13.3. The Morgan fingerprint density at radius 1 is 1.32 bits per heavy atom.